The lowest BCUT2D eigenvalue weighted by molar-refractivity contribution is 0.0499. The van der Waals surface area contributed by atoms with Crippen molar-refractivity contribution in [2.24, 2.45) is 7.05 Å². The number of rotatable bonds is 9. The summed E-state index contributed by atoms with van der Waals surface area (Å²) in [6, 6.07) is 12.0. The van der Waals surface area contributed by atoms with Crippen molar-refractivity contribution in [3.05, 3.63) is 69.7 Å². The summed E-state index contributed by atoms with van der Waals surface area (Å²) in [5.41, 5.74) is 3.77. The highest BCUT2D eigenvalue weighted by molar-refractivity contribution is 7.07. The Morgan fingerprint density at radius 2 is 2.23 bits per heavy atom. The van der Waals surface area contributed by atoms with Crippen molar-refractivity contribution in [3.63, 3.8) is 0 Å². The zero-order chi connectivity index (χ0) is 21.6. The third-order valence-electron chi connectivity index (χ3n) is 5.47. The van der Waals surface area contributed by atoms with Crippen LogP contribution in [0, 0.1) is 6.92 Å². The van der Waals surface area contributed by atoms with Crippen LogP contribution in [-0.4, -0.2) is 46.5 Å². The summed E-state index contributed by atoms with van der Waals surface area (Å²) in [7, 11) is 1.81. The van der Waals surface area contributed by atoms with E-state index in [1.807, 2.05) is 49.2 Å². The van der Waals surface area contributed by atoms with E-state index in [2.05, 4.69) is 21.9 Å². The molecule has 0 saturated carbocycles. The summed E-state index contributed by atoms with van der Waals surface area (Å²) in [6.07, 6.45) is 3.01. The molecule has 0 radical (unpaired) electrons. The number of thiophene rings is 1. The minimum absolute atomic E-state index is 0.0256. The minimum Gasteiger partial charge on any atom is -0.493 e. The highest BCUT2D eigenvalue weighted by Crippen LogP contribution is 2.20. The maximum absolute atomic E-state index is 13.3. The predicted molar refractivity (Wildman–Crippen MR) is 122 cm³/mol. The summed E-state index contributed by atoms with van der Waals surface area (Å²) >= 11 is 1.70. The second kappa shape index (κ2) is 10.1. The third kappa shape index (κ3) is 5.74. The Balaban J connectivity index is 1.45. The number of carbonyl (C=O) groups is 1. The van der Waals surface area contributed by atoms with E-state index in [4.69, 9.17) is 9.47 Å². The molecular formula is C24H29N3O3S. The first-order valence-electron chi connectivity index (χ1n) is 10.7. The van der Waals surface area contributed by atoms with Gasteiger partial charge in [0.2, 0.25) is 0 Å². The van der Waals surface area contributed by atoms with Crippen molar-refractivity contribution in [1.29, 1.82) is 0 Å². The summed E-state index contributed by atoms with van der Waals surface area (Å²) in [5, 5.41) is 8.57. The van der Waals surface area contributed by atoms with Crippen LogP contribution < -0.4 is 4.74 Å². The van der Waals surface area contributed by atoms with E-state index in [-0.39, 0.29) is 12.0 Å². The van der Waals surface area contributed by atoms with Crippen LogP contribution in [0.5, 0.6) is 5.75 Å². The molecule has 1 atom stereocenters. The summed E-state index contributed by atoms with van der Waals surface area (Å²) < 4.78 is 13.4. The van der Waals surface area contributed by atoms with Gasteiger partial charge >= 0.3 is 0 Å². The quantitative estimate of drug-likeness (QED) is 0.501. The standard InChI is InChI=1S/C24H29N3O3S/c1-18-13-23(26(2)25-18)24(28)27(16-22-7-4-10-29-22)15-20-5-3-6-21(14-20)30-11-8-19-9-12-31-17-19/h3,5-6,9,12-14,17,22H,4,7-8,10-11,15-16H2,1-2H3/t22-/m0/s1. The fourth-order valence-electron chi connectivity index (χ4n) is 3.90. The molecule has 0 N–H and O–H groups in total. The SMILES string of the molecule is Cc1cc(C(=O)N(Cc2cccc(OCCc3ccsc3)c2)C[C@@H]2CCCO2)n(C)n1. The Hall–Kier alpha value is -2.64. The topological polar surface area (TPSA) is 56.6 Å². The fourth-order valence-corrected chi connectivity index (χ4v) is 4.60. The van der Waals surface area contributed by atoms with E-state index in [1.54, 1.807) is 16.0 Å². The minimum atomic E-state index is -0.0256. The average molecular weight is 440 g/mol. The normalized spacial score (nSPS) is 15.9. The third-order valence-corrected chi connectivity index (χ3v) is 6.20. The first kappa shape index (κ1) is 21.6. The van der Waals surface area contributed by atoms with Crippen LogP contribution in [0.4, 0.5) is 0 Å². The molecule has 7 heteroatoms. The number of amides is 1. The molecular weight excluding hydrogens is 410 g/mol. The monoisotopic (exact) mass is 439 g/mol. The van der Waals surface area contributed by atoms with E-state index in [1.165, 1.54) is 5.56 Å². The Labute approximate surface area is 187 Å². The van der Waals surface area contributed by atoms with Gasteiger partial charge in [0.15, 0.2) is 0 Å². The molecule has 0 bridgehead atoms. The molecule has 31 heavy (non-hydrogen) atoms. The molecule has 1 amide bonds. The molecule has 4 rings (SSSR count). The van der Waals surface area contributed by atoms with Crippen LogP contribution in [0.25, 0.3) is 0 Å². The first-order valence-corrected chi connectivity index (χ1v) is 11.7. The molecule has 1 fully saturated rings. The molecule has 2 aromatic heterocycles. The van der Waals surface area contributed by atoms with Gasteiger partial charge in [-0.1, -0.05) is 12.1 Å². The summed E-state index contributed by atoms with van der Waals surface area (Å²) in [4.78, 5) is 15.2. The first-order chi connectivity index (χ1) is 15.1. The zero-order valence-electron chi connectivity index (χ0n) is 18.1. The van der Waals surface area contributed by atoms with Gasteiger partial charge in [0.05, 0.1) is 18.4 Å². The van der Waals surface area contributed by atoms with Crippen LogP contribution >= 0.6 is 11.3 Å². The Morgan fingerprint density at radius 3 is 2.94 bits per heavy atom. The van der Waals surface area contributed by atoms with E-state index in [9.17, 15) is 4.79 Å². The molecule has 0 aliphatic carbocycles. The highest BCUT2D eigenvalue weighted by atomic mass is 32.1. The van der Waals surface area contributed by atoms with Gasteiger partial charge in [0.25, 0.3) is 5.91 Å². The number of aryl methyl sites for hydroxylation is 2. The van der Waals surface area contributed by atoms with Crippen LogP contribution in [0.3, 0.4) is 0 Å². The van der Waals surface area contributed by atoms with Crippen molar-refractivity contribution in [2.45, 2.75) is 38.8 Å². The van der Waals surface area contributed by atoms with Gasteiger partial charge in [0, 0.05) is 33.2 Å². The molecule has 164 valence electrons. The van der Waals surface area contributed by atoms with E-state index in [0.717, 1.165) is 42.9 Å². The lowest BCUT2D eigenvalue weighted by atomic mass is 10.1. The molecule has 1 aromatic carbocycles. The molecule has 0 unspecified atom stereocenters. The predicted octanol–water partition coefficient (Wildman–Crippen LogP) is 4.23. The van der Waals surface area contributed by atoms with Gasteiger partial charge in [-0.25, -0.2) is 0 Å². The van der Waals surface area contributed by atoms with Crippen LogP contribution in [0.1, 0.15) is 40.2 Å². The number of hydrogen-bond acceptors (Lipinski definition) is 5. The van der Waals surface area contributed by atoms with Crippen molar-refractivity contribution >= 4 is 17.2 Å². The molecule has 1 saturated heterocycles. The number of carbonyl (C=O) groups excluding carboxylic acids is 1. The number of ether oxygens (including phenoxy) is 2. The Bertz CT molecular complexity index is 993. The second-order valence-corrected chi connectivity index (χ2v) is 8.77. The van der Waals surface area contributed by atoms with Crippen LogP contribution in [0.15, 0.2) is 47.2 Å². The van der Waals surface area contributed by atoms with Crippen molar-refractivity contribution < 1.29 is 14.3 Å². The highest BCUT2D eigenvalue weighted by Gasteiger charge is 2.25. The van der Waals surface area contributed by atoms with Gasteiger partial charge in [-0.15, -0.1) is 0 Å². The summed E-state index contributed by atoms with van der Waals surface area (Å²) in [6.45, 7) is 4.38. The average Bonchev–Trinajstić information content (AvgIpc) is 3.51. The number of aromatic nitrogens is 2. The Morgan fingerprint density at radius 1 is 1.32 bits per heavy atom. The second-order valence-electron chi connectivity index (χ2n) is 7.99. The van der Waals surface area contributed by atoms with Gasteiger partial charge < -0.3 is 14.4 Å². The number of nitrogens with zero attached hydrogens (tertiary/aromatic N) is 3. The zero-order valence-corrected chi connectivity index (χ0v) is 18.9. The molecule has 1 aliphatic heterocycles. The molecule has 3 aromatic rings. The molecule has 0 spiro atoms. The van der Waals surface area contributed by atoms with Crippen molar-refractivity contribution in [1.82, 2.24) is 14.7 Å². The number of hydrogen-bond donors (Lipinski definition) is 0. The van der Waals surface area contributed by atoms with E-state index >= 15 is 0 Å². The molecule has 6 nitrogen and oxygen atoms in total. The molecule has 1 aliphatic rings. The maximum Gasteiger partial charge on any atom is 0.272 e. The lowest BCUT2D eigenvalue weighted by Crippen LogP contribution is -2.37. The lowest BCUT2D eigenvalue weighted by Gasteiger charge is -2.26. The van der Waals surface area contributed by atoms with Gasteiger partial charge in [-0.05, 0) is 65.9 Å². The molecule has 3 heterocycles. The van der Waals surface area contributed by atoms with E-state index in [0.29, 0.717) is 25.4 Å². The maximum atomic E-state index is 13.3. The van der Waals surface area contributed by atoms with Crippen LogP contribution in [0.2, 0.25) is 0 Å². The van der Waals surface area contributed by atoms with E-state index < -0.39 is 0 Å². The fraction of sp³-hybridized carbons (Fsp3) is 0.417. The van der Waals surface area contributed by atoms with Crippen molar-refractivity contribution in [3.8, 4) is 5.75 Å². The van der Waals surface area contributed by atoms with Gasteiger partial charge in [-0.3, -0.25) is 9.48 Å². The number of benzene rings is 1. The van der Waals surface area contributed by atoms with Gasteiger partial charge in [-0.2, -0.15) is 16.4 Å². The Kier molecular flexibility index (Phi) is 7.04. The summed E-state index contributed by atoms with van der Waals surface area (Å²) in [5.74, 6) is 0.802. The largest absolute Gasteiger partial charge is 0.493 e. The van der Waals surface area contributed by atoms with Gasteiger partial charge in [0.1, 0.15) is 11.4 Å². The smallest absolute Gasteiger partial charge is 0.272 e. The van der Waals surface area contributed by atoms with Crippen LogP contribution in [-0.2, 0) is 24.8 Å². The van der Waals surface area contributed by atoms with Crippen molar-refractivity contribution in [2.75, 3.05) is 19.8 Å².